The number of hydrogen-bond acceptors (Lipinski definition) is 9. The minimum atomic E-state index is -0.709. The number of nitro benzene ring substituents is 1. The second-order valence-corrected chi connectivity index (χ2v) is 8.52. The van der Waals surface area contributed by atoms with E-state index in [-0.39, 0.29) is 34.4 Å². The van der Waals surface area contributed by atoms with Gasteiger partial charge in [0.25, 0.3) is 16.8 Å². The number of esters is 1. The van der Waals surface area contributed by atoms with E-state index >= 15 is 0 Å². The maximum absolute atomic E-state index is 12.7. The van der Waals surface area contributed by atoms with Crippen LogP contribution in [-0.2, 0) is 14.3 Å². The molecule has 2 aliphatic heterocycles. The van der Waals surface area contributed by atoms with E-state index in [0.717, 1.165) is 16.7 Å². The molecule has 4 rings (SSSR count). The van der Waals surface area contributed by atoms with Gasteiger partial charge in [0.05, 0.1) is 28.6 Å². The topological polar surface area (TPSA) is 136 Å². The lowest BCUT2D eigenvalue weighted by Gasteiger charge is -2.28. The predicted octanol–water partition coefficient (Wildman–Crippen LogP) is 2.71. The molecule has 0 atom stereocenters. The van der Waals surface area contributed by atoms with Crippen LogP contribution in [-0.4, -0.2) is 70.6 Å². The number of benzene rings is 2. The van der Waals surface area contributed by atoms with Crippen molar-refractivity contribution in [2.24, 2.45) is 0 Å². The van der Waals surface area contributed by atoms with E-state index in [1.54, 1.807) is 17.0 Å². The van der Waals surface area contributed by atoms with E-state index in [9.17, 15) is 29.3 Å². The highest BCUT2D eigenvalue weighted by Gasteiger charge is 2.37. The normalized spacial score (nSPS) is 17.1. The number of ether oxygens (including phenoxy) is 2. The summed E-state index contributed by atoms with van der Waals surface area (Å²) in [4.78, 5) is 62.7. The molecule has 0 spiro atoms. The van der Waals surface area contributed by atoms with Crippen LogP contribution in [0.1, 0.15) is 15.9 Å². The number of nitrogens with zero attached hydrogens (tertiary/aromatic N) is 3. The maximum Gasteiger partial charge on any atom is 0.343 e. The van der Waals surface area contributed by atoms with E-state index in [4.69, 9.17) is 9.47 Å². The summed E-state index contributed by atoms with van der Waals surface area (Å²) in [5, 5.41) is 10.2. The van der Waals surface area contributed by atoms with E-state index in [2.05, 4.69) is 0 Å². The lowest BCUT2D eigenvalue weighted by Crippen LogP contribution is -2.46. The summed E-state index contributed by atoms with van der Waals surface area (Å²) >= 11 is 0.726. The zero-order chi connectivity index (χ0) is 24.9. The maximum atomic E-state index is 12.7. The molecule has 2 heterocycles. The third-order valence-corrected chi connectivity index (χ3v) is 6.12. The molecule has 0 N–H and O–H groups in total. The van der Waals surface area contributed by atoms with Crippen molar-refractivity contribution in [2.75, 3.05) is 32.8 Å². The van der Waals surface area contributed by atoms with Crippen molar-refractivity contribution in [1.82, 2.24) is 9.80 Å². The third kappa shape index (κ3) is 5.73. The number of imide groups is 1. The third-order valence-electron chi connectivity index (χ3n) is 5.21. The summed E-state index contributed by atoms with van der Waals surface area (Å²) in [7, 11) is 0. The van der Waals surface area contributed by atoms with Crippen LogP contribution in [0, 0.1) is 10.1 Å². The molecule has 180 valence electrons. The summed E-state index contributed by atoms with van der Waals surface area (Å²) in [5.41, 5.74) is 0.486. The van der Waals surface area contributed by atoms with Crippen LogP contribution in [0.4, 0.5) is 10.5 Å². The lowest BCUT2D eigenvalue weighted by molar-refractivity contribution is -0.384. The minimum absolute atomic E-state index is 0.132. The second-order valence-electron chi connectivity index (χ2n) is 7.53. The van der Waals surface area contributed by atoms with Gasteiger partial charge in [-0.3, -0.25) is 29.4 Å². The second kappa shape index (κ2) is 10.5. The molecule has 0 unspecified atom stereocenters. The number of amides is 3. The number of non-ortho nitro benzene ring substituents is 1. The number of rotatable bonds is 6. The van der Waals surface area contributed by atoms with Gasteiger partial charge in [-0.25, -0.2) is 4.79 Å². The zero-order valence-electron chi connectivity index (χ0n) is 18.2. The van der Waals surface area contributed by atoms with Crippen LogP contribution in [0.5, 0.6) is 5.75 Å². The Morgan fingerprint density at radius 1 is 1.11 bits per heavy atom. The van der Waals surface area contributed by atoms with Gasteiger partial charge < -0.3 is 14.4 Å². The Labute approximate surface area is 203 Å². The molecular formula is C23H19N3O8S. The van der Waals surface area contributed by atoms with Gasteiger partial charge in [-0.1, -0.05) is 12.1 Å². The number of nitro groups is 1. The molecule has 35 heavy (non-hydrogen) atoms. The Morgan fingerprint density at radius 2 is 1.83 bits per heavy atom. The molecule has 0 aliphatic carbocycles. The number of thioether (sulfide) groups is 1. The van der Waals surface area contributed by atoms with Gasteiger partial charge in [-0.2, -0.15) is 0 Å². The molecule has 0 aromatic heterocycles. The number of morpholine rings is 1. The SMILES string of the molecule is O=C(Oc1cccc(/C=C2\SC(=O)N(CC(=O)N3CCOCC3)C2=O)c1)c1ccc([N+](=O)[O-])cc1. The van der Waals surface area contributed by atoms with Crippen molar-refractivity contribution < 1.29 is 33.6 Å². The van der Waals surface area contributed by atoms with Gasteiger partial charge in [0.15, 0.2) is 0 Å². The van der Waals surface area contributed by atoms with Gasteiger partial charge in [-0.15, -0.1) is 0 Å². The Kier molecular flexibility index (Phi) is 7.22. The molecule has 0 radical (unpaired) electrons. The van der Waals surface area contributed by atoms with Crippen molar-refractivity contribution in [3.8, 4) is 5.75 Å². The summed E-state index contributed by atoms with van der Waals surface area (Å²) in [5.74, 6) is -1.42. The van der Waals surface area contributed by atoms with Crippen LogP contribution < -0.4 is 4.74 Å². The molecule has 0 bridgehead atoms. The molecule has 3 amide bonds. The molecule has 2 aliphatic rings. The Hall–Kier alpha value is -4.03. The van der Waals surface area contributed by atoms with Crippen LogP contribution in [0.2, 0.25) is 0 Å². The van der Waals surface area contributed by atoms with Gasteiger partial charge in [0.1, 0.15) is 12.3 Å². The first-order chi connectivity index (χ1) is 16.8. The van der Waals surface area contributed by atoms with Gasteiger partial charge >= 0.3 is 5.97 Å². The average Bonchev–Trinajstić information content (AvgIpc) is 3.12. The van der Waals surface area contributed by atoms with E-state index in [1.165, 1.54) is 42.5 Å². The molecule has 12 heteroatoms. The van der Waals surface area contributed by atoms with Crippen LogP contribution >= 0.6 is 11.8 Å². The van der Waals surface area contributed by atoms with Crippen molar-refractivity contribution in [1.29, 1.82) is 0 Å². The van der Waals surface area contributed by atoms with E-state index in [0.29, 0.717) is 31.9 Å². The zero-order valence-corrected chi connectivity index (χ0v) is 19.1. The monoisotopic (exact) mass is 497 g/mol. The molecular weight excluding hydrogens is 478 g/mol. The van der Waals surface area contributed by atoms with Gasteiger partial charge in [0.2, 0.25) is 5.91 Å². The van der Waals surface area contributed by atoms with Crippen LogP contribution in [0.3, 0.4) is 0 Å². The standard InChI is InChI=1S/C23H19N3O8S/c27-20(24-8-10-33-11-9-24)14-25-21(28)19(35-23(25)30)13-15-2-1-3-18(12-15)34-22(29)16-4-6-17(7-5-16)26(31)32/h1-7,12-13H,8-11,14H2/b19-13-. The molecule has 2 aromatic carbocycles. The predicted molar refractivity (Wildman–Crippen MR) is 125 cm³/mol. The average molecular weight is 497 g/mol. The molecule has 2 aromatic rings. The fourth-order valence-corrected chi connectivity index (χ4v) is 4.23. The van der Waals surface area contributed by atoms with Crippen molar-refractivity contribution in [3.63, 3.8) is 0 Å². The fourth-order valence-electron chi connectivity index (χ4n) is 3.39. The largest absolute Gasteiger partial charge is 0.423 e. The van der Waals surface area contributed by atoms with Crippen LogP contribution in [0.15, 0.2) is 53.4 Å². The summed E-state index contributed by atoms with van der Waals surface area (Å²) < 4.78 is 10.5. The first-order valence-corrected chi connectivity index (χ1v) is 11.3. The summed E-state index contributed by atoms with van der Waals surface area (Å²) in [6, 6.07) is 11.3. The summed E-state index contributed by atoms with van der Waals surface area (Å²) in [6.45, 7) is 1.32. The molecule has 11 nitrogen and oxygen atoms in total. The Balaban J connectivity index is 1.42. The number of hydrogen-bond donors (Lipinski definition) is 0. The first kappa shape index (κ1) is 24.1. The molecule has 2 fully saturated rings. The fraction of sp³-hybridized carbons (Fsp3) is 0.217. The minimum Gasteiger partial charge on any atom is -0.423 e. The molecule has 2 saturated heterocycles. The first-order valence-electron chi connectivity index (χ1n) is 10.5. The van der Waals surface area contributed by atoms with Crippen molar-refractivity contribution in [3.05, 3.63) is 74.7 Å². The number of carbonyl (C=O) groups is 4. The van der Waals surface area contributed by atoms with Crippen molar-refractivity contribution in [2.45, 2.75) is 0 Å². The highest BCUT2D eigenvalue weighted by atomic mass is 32.2. The smallest absolute Gasteiger partial charge is 0.343 e. The highest BCUT2D eigenvalue weighted by Crippen LogP contribution is 2.32. The Morgan fingerprint density at radius 3 is 2.51 bits per heavy atom. The Bertz CT molecular complexity index is 1220. The lowest BCUT2D eigenvalue weighted by atomic mass is 10.2. The quantitative estimate of drug-likeness (QED) is 0.194. The van der Waals surface area contributed by atoms with Gasteiger partial charge in [-0.05, 0) is 47.7 Å². The van der Waals surface area contributed by atoms with Gasteiger partial charge in [0, 0.05) is 25.2 Å². The van der Waals surface area contributed by atoms with Crippen molar-refractivity contribution >= 4 is 46.5 Å². The van der Waals surface area contributed by atoms with E-state index < -0.39 is 22.0 Å². The number of carbonyl (C=O) groups excluding carboxylic acids is 4. The van der Waals surface area contributed by atoms with Crippen LogP contribution in [0.25, 0.3) is 6.08 Å². The molecule has 0 saturated carbocycles. The highest BCUT2D eigenvalue weighted by molar-refractivity contribution is 8.18. The van der Waals surface area contributed by atoms with E-state index in [1.807, 2.05) is 0 Å². The summed E-state index contributed by atoms with van der Waals surface area (Å²) in [6.07, 6.45) is 1.48.